The average Bonchev–Trinajstić information content (AvgIpc) is 2.72. The molecule has 2 aromatic rings. The van der Waals surface area contributed by atoms with Crippen molar-refractivity contribution in [3.63, 3.8) is 0 Å². The Morgan fingerprint density at radius 2 is 1.89 bits per heavy atom. The van der Waals surface area contributed by atoms with Crippen LogP contribution in [0.25, 0.3) is 0 Å². The molecular formula is C24H27ClF3N5O3. The molecule has 0 radical (unpaired) electrons. The van der Waals surface area contributed by atoms with Gasteiger partial charge in [-0.25, -0.2) is 9.79 Å². The molecule has 1 aliphatic rings. The summed E-state index contributed by atoms with van der Waals surface area (Å²) in [6, 6.07) is 8.77. The van der Waals surface area contributed by atoms with Gasteiger partial charge in [0.1, 0.15) is 5.60 Å². The number of carbonyl (C=O) groups is 2. The molecule has 0 saturated heterocycles. The number of hydrogen-bond donors (Lipinski definition) is 3. The first kappa shape index (κ1) is 27.1. The van der Waals surface area contributed by atoms with Crippen molar-refractivity contribution in [2.75, 3.05) is 18.1 Å². The third kappa shape index (κ3) is 6.01. The van der Waals surface area contributed by atoms with E-state index in [1.165, 1.54) is 18.0 Å². The monoisotopic (exact) mass is 525 g/mol. The number of alkyl carbamates (subject to hydrolysis) is 1. The van der Waals surface area contributed by atoms with E-state index < -0.39 is 34.0 Å². The Hall–Kier alpha value is -3.47. The number of rotatable bonds is 3. The van der Waals surface area contributed by atoms with Crippen molar-refractivity contribution in [3.8, 4) is 0 Å². The third-order valence-corrected chi connectivity index (χ3v) is 5.69. The predicted octanol–water partition coefficient (Wildman–Crippen LogP) is 5.64. The van der Waals surface area contributed by atoms with Crippen LogP contribution in [0.2, 0.25) is 5.02 Å². The second kappa shape index (κ2) is 9.53. The van der Waals surface area contributed by atoms with Crippen LogP contribution in [0.5, 0.6) is 0 Å². The van der Waals surface area contributed by atoms with E-state index in [0.29, 0.717) is 5.56 Å². The average molecular weight is 526 g/mol. The molecule has 3 rings (SSSR count). The van der Waals surface area contributed by atoms with Crippen molar-refractivity contribution in [3.05, 3.63) is 52.5 Å². The summed E-state index contributed by atoms with van der Waals surface area (Å²) in [6.07, 6.45) is -5.57. The zero-order valence-corrected chi connectivity index (χ0v) is 21.1. The SMILES string of the molecule is CN1C(=O)C[C@@](C)(c2cccc(Nc3c(N)ccc(Cl)c3C(F)(F)F)c2)N=C1NC(=O)OC(C)(C)C. The highest BCUT2D eigenvalue weighted by molar-refractivity contribution is 6.32. The zero-order chi connectivity index (χ0) is 27.1. The van der Waals surface area contributed by atoms with Gasteiger partial charge in [0.15, 0.2) is 0 Å². The highest BCUT2D eigenvalue weighted by Gasteiger charge is 2.39. The summed E-state index contributed by atoms with van der Waals surface area (Å²) in [5.74, 6) is -0.338. The van der Waals surface area contributed by atoms with E-state index in [9.17, 15) is 22.8 Å². The van der Waals surface area contributed by atoms with E-state index >= 15 is 0 Å². The van der Waals surface area contributed by atoms with Gasteiger partial charge in [-0.1, -0.05) is 23.7 Å². The van der Waals surface area contributed by atoms with E-state index in [4.69, 9.17) is 22.1 Å². The Labute approximate surface area is 211 Å². The highest BCUT2D eigenvalue weighted by Crippen LogP contribution is 2.44. The van der Waals surface area contributed by atoms with Gasteiger partial charge in [0.05, 0.1) is 33.9 Å². The number of alkyl halides is 3. The Kier molecular flexibility index (Phi) is 7.18. The van der Waals surface area contributed by atoms with Crippen molar-refractivity contribution in [2.45, 2.75) is 51.4 Å². The molecule has 4 N–H and O–H groups in total. The number of benzene rings is 2. The van der Waals surface area contributed by atoms with Crippen LogP contribution in [0.3, 0.4) is 0 Å². The number of hydrogen-bond acceptors (Lipinski definition) is 6. The van der Waals surface area contributed by atoms with Crippen LogP contribution >= 0.6 is 11.6 Å². The Morgan fingerprint density at radius 3 is 2.50 bits per heavy atom. The minimum Gasteiger partial charge on any atom is -0.444 e. The maximum Gasteiger partial charge on any atom is 0.419 e. The second-order valence-electron chi connectivity index (χ2n) is 9.56. The van der Waals surface area contributed by atoms with E-state index in [1.807, 2.05) is 0 Å². The Bertz CT molecular complexity index is 1230. The first-order valence-corrected chi connectivity index (χ1v) is 11.3. The number of nitrogens with one attached hydrogen (secondary N) is 2. The summed E-state index contributed by atoms with van der Waals surface area (Å²) in [5, 5.41) is 4.71. The molecule has 8 nitrogen and oxygen atoms in total. The van der Waals surface area contributed by atoms with Gasteiger partial charge in [-0.05, 0) is 57.5 Å². The van der Waals surface area contributed by atoms with Crippen molar-refractivity contribution < 1.29 is 27.5 Å². The lowest BCUT2D eigenvalue weighted by atomic mass is 9.87. The van der Waals surface area contributed by atoms with E-state index in [2.05, 4.69) is 15.6 Å². The van der Waals surface area contributed by atoms with Gasteiger partial charge in [-0.2, -0.15) is 13.2 Å². The number of nitrogens with two attached hydrogens (primary N) is 1. The molecule has 0 aromatic heterocycles. The van der Waals surface area contributed by atoms with Gasteiger partial charge >= 0.3 is 12.3 Å². The van der Waals surface area contributed by atoms with E-state index in [0.717, 1.165) is 6.07 Å². The lowest BCUT2D eigenvalue weighted by molar-refractivity contribution is -0.136. The molecule has 1 heterocycles. The minimum absolute atomic E-state index is 0.0141. The number of nitrogens with zero attached hydrogens (tertiary/aromatic N) is 2. The fourth-order valence-electron chi connectivity index (χ4n) is 3.63. The molecule has 0 spiro atoms. The van der Waals surface area contributed by atoms with Crippen LogP contribution < -0.4 is 16.4 Å². The maximum atomic E-state index is 13.7. The molecule has 194 valence electrons. The van der Waals surface area contributed by atoms with Gasteiger partial charge < -0.3 is 15.8 Å². The fourth-order valence-corrected chi connectivity index (χ4v) is 3.90. The fraction of sp³-hybridized carbons (Fsp3) is 0.375. The predicted molar refractivity (Wildman–Crippen MR) is 132 cm³/mol. The van der Waals surface area contributed by atoms with Crippen LogP contribution in [-0.4, -0.2) is 35.5 Å². The molecule has 1 aliphatic heterocycles. The Morgan fingerprint density at radius 1 is 1.22 bits per heavy atom. The lowest BCUT2D eigenvalue weighted by Crippen LogP contribution is -2.52. The summed E-state index contributed by atoms with van der Waals surface area (Å²) in [6.45, 7) is 6.78. The summed E-state index contributed by atoms with van der Waals surface area (Å²) >= 11 is 5.83. The van der Waals surface area contributed by atoms with Gasteiger partial charge in [0, 0.05) is 12.7 Å². The van der Waals surface area contributed by atoms with Crippen LogP contribution in [0.4, 0.5) is 35.0 Å². The summed E-state index contributed by atoms with van der Waals surface area (Å²) in [7, 11) is 1.47. The number of amides is 2. The van der Waals surface area contributed by atoms with Gasteiger partial charge in [-0.3, -0.25) is 15.0 Å². The zero-order valence-electron chi connectivity index (χ0n) is 20.4. The number of ether oxygens (including phenoxy) is 1. The number of halogens is 4. The number of nitrogen functional groups attached to an aromatic ring is 1. The highest BCUT2D eigenvalue weighted by atomic mass is 35.5. The number of anilines is 3. The summed E-state index contributed by atoms with van der Waals surface area (Å²) < 4.78 is 46.3. The van der Waals surface area contributed by atoms with Crippen LogP contribution in [0.15, 0.2) is 41.4 Å². The minimum atomic E-state index is -4.74. The molecule has 36 heavy (non-hydrogen) atoms. The summed E-state index contributed by atoms with van der Waals surface area (Å²) in [5.41, 5.74) is 3.14. The largest absolute Gasteiger partial charge is 0.444 e. The summed E-state index contributed by atoms with van der Waals surface area (Å²) in [4.78, 5) is 30.8. The van der Waals surface area contributed by atoms with Gasteiger partial charge in [0.2, 0.25) is 11.9 Å². The molecule has 0 fully saturated rings. The van der Waals surface area contributed by atoms with Crippen LogP contribution in [-0.2, 0) is 21.2 Å². The molecule has 0 aliphatic carbocycles. The third-order valence-electron chi connectivity index (χ3n) is 5.38. The normalized spacial score (nSPS) is 18.5. The molecule has 2 amide bonds. The molecule has 0 saturated carbocycles. The number of guanidine groups is 1. The first-order chi connectivity index (χ1) is 16.5. The quantitative estimate of drug-likeness (QED) is 0.449. The molecule has 12 heteroatoms. The standard InChI is InChI=1S/C24H27ClF3N5O3/c1-22(2,3)36-21(35)31-20-32-23(4,12-17(34)33(20)5)13-7-6-8-14(11-13)30-19-16(29)10-9-15(25)18(19)24(26,27)28/h6-11,30H,12,29H2,1-5H3,(H,31,32,35)/t23-/m0/s1. The number of carbonyl (C=O) groups excluding carboxylic acids is 2. The van der Waals surface area contributed by atoms with Gasteiger partial charge in [0.25, 0.3) is 0 Å². The lowest BCUT2D eigenvalue weighted by Gasteiger charge is -2.35. The van der Waals surface area contributed by atoms with Crippen LogP contribution in [0, 0.1) is 0 Å². The van der Waals surface area contributed by atoms with Crippen molar-refractivity contribution >= 4 is 46.6 Å². The van der Waals surface area contributed by atoms with Crippen molar-refractivity contribution in [1.82, 2.24) is 10.2 Å². The van der Waals surface area contributed by atoms with E-state index in [1.54, 1.807) is 52.0 Å². The van der Waals surface area contributed by atoms with Crippen molar-refractivity contribution in [2.24, 2.45) is 4.99 Å². The first-order valence-electron chi connectivity index (χ1n) is 10.9. The number of aliphatic imine (C=N–C) groups is 1. The smallest absolute Gasteiger partial charge is 0.419 e. The van der Waals surface area contributed by atoms with Crippen LogP contribution in [0.1, 0.15) is 45.2 Å². The molecule has 0 unspecified atom stereocenters. The second-order valence-corrected chi connectivity index (χ2v) is 9.96. The maximum absolute atomic E-state index is 13.7. The molecule has 2 aromatic carbocycles. The van der Waals surface area contributed by atoms with Gasteiger partial charge in [-0.15, -0.1) is 0 Å². The molecule has 1 atom stereocenters. The van der Waals surface area contributed by atoms with Crippen molar-refractivity contribution in [1.29, 1.82) is 0 Å². The van der Waals surface area contributed by atoms with E-state index in [-0.39, 0.29) is 35.3 Å². The topological polar surface area (TPSA) is 109 Å². The Balaban J connectivity index is 1.98. The molecule has 0 bridgehead atoms. The molecular weight excluding hydrogens is 499 g/mol.